The molecule has 1 aromatic heterocycles. The summed E-state index contributed by atoms with van der Waals surface area (Å²) in [4.78, 5) is 26.8. The first-order chi connectivity index (χ1) is 9.72. The maximum absolute atomic E-state index is 11.6. The van der Waals surface area contributed by atoms with E-state index >= 15 is 0 Å². The SMILES string of the molecule is COCCNCC(=O)NCCC(=O)Nc1ccncc1.Cl.Cl. The van der Waals surface area contributed by atoms with Gasteiger partial charge in [0.15, 0.2) is 0 Å². The standard InChI is InChI=1S/C13H20N4O3.2ClH/c1-20-9-8-15-10-13(19)16-7-4-12(18)17-11-2-5-14-6-3-11;;/h2-3,5-6,15H,4,7-10H2,1H3,(H,16,19)(H,14,17,18);2*1H. The molecule has 1 heterocycles. The summed E-state index contributed by atoms with van der Waals surface area (Å²) in [6.45, 7) is 1.70. The second kappa shape index (κ2) is 14.5. The Morgan fingerprint density at radius 1 is 1.14 bits per heavy atom. The molecule has 0 atom stereocenters. The van der Waals surface area contributed by atoms with Gasteiger partial charge in [-0.2, -0.15) is 0 Å². The molecule has 0 aromatic carbocycles. The van der Waals surface area contributed by atoms with Crippen LogP contribution in [0.2, 0.25) is 0 Å². The van der Waals surface area contributed by atoms with Crippen LogP contribution in [0, 0.1) is 0 Å². The van der Waals surface area contributed by atoms with Gasteiger partial charge in [0.25, 0.3) is 0 Å². The molecule has 0 saturated carbocycles. The van der Waals surface area contributed by atoms with Crippen molar-refractivity contribution in [3.63, 3.8) is 0 Å². The van der Waals surface area contributed by atoms with Crippen LogP contribution >= 0.6 is 24.8 Å². The second-order valence-electron chi connectivity index (χ2n) is 4.05. The number of carbonyl (C=O) groups is 2. The summed E-state index contributed by atoms with van der Waals surface area (Å²) < 4.78 is 4.84. The molecule has 0 bridgehead atoms. The monoisotopic (exact) mass is 352 g/mol. The highest BCUT2D eigenvalue weighted by Gasteiger charge is 2.04. The number of carbonyl (C=O) groups excluding carboxylic acids is 2. The topological polar surface area (TPSA) is 92.4 Å². The van der Waals surface area contributed by atoms with Crippen molar-refractivity contribution in [2.45, 2.75) is 6.42 Å². The van der Waals surface area contributed by atoms with Crippen molar-refractivity contribution in [1.29, 1.82) is 0 Å². The van der Waals surface area contributed by atoms with Crippen LogP contribution in [-0.4, -0.2) is 50.1 Å². The molecular formula is C13H22Cl2N4O3. The van der Waals surface area contributed by atoms with Crippen LogP contribution < -0.4 is 16.0 Å². The molecule has 0 radical (unpaired) electrons. The minimum atomic E-state index is -0.149. The van der Waals surface area contributed by atoms with E-state index in [1.165, 1.54) is 0 Å². The fraction of sp³-hybridized carbons (Fsp3) is 0.462. The van der Waals surface area contributed by atoms with Crippen LogP contribution in [0.4, 0.5) is 5.69 Å². The van der Waals surface area contributed by atoms with Crippen molar-refractivity contribution in [3.8, 4) is 0 Å². The third kappa shape index (κ3) is 11.3. The van der Waals surface area contributed by atoms with Crippen molar-refractivity contribution in [2.24, 2.45) is 0 Å². The van der Waals surface area contributed by atoms with Crippen molar-refractivity contribution in [1.82, 2.24) is 15.6 Å². The Morgan fingerprint density at radius 3 is 2.45 bits per heavy atom. The molecule has 0 fully saturated rings. The Balaban J connectivity index is 0. The zero-order chi connectivity index (χ0) is 14.6. The lowest BCUT2D eigenvalue weighted by Gasteiger charge is -2.07. The summed E-state index contributed by atoms with van der Waals surface area (Å²) in [5.74, 6) is -0.290. The normalized spacial score (nSPS) is 9.14. The predicted octanol–water partition coefficient (Wildman–Crippen LogP) is 0.606. The van der Waals surface area contributed by atoms with Gasteiger partial charge in [-0.05, 0) is 12.1 Å². The average Bonchev–Trinajstić information content (AvgIpc) is 2.45. The van der Waals surface area contributed by atoms with E-state index in [4.69, 9.17) is 4.74 Å². The first kappa shape index (κ1) is 22.9. The number of hydrogen-bond acceptors (Lipinski definition) is 5. The van der Waals surface area contributed by atoms with Gasteiger partial charge in [-0.3, -0.25) is 14.6 Å². The lowest BCUT2D eigenvalue weighted by molar-refractivity contribution is -0.120. The van der Waals surface area contributed by atoms with Gasteiger partial charge < -0.3 is 20.7 Å². The van der Waals surface area contributed by atoms with E-state index in [1.54, 1.807) is 31.6 Å². The van der Waals surface area contributed by atoms with Gasteiger partial charge in [0, 0.05) is 44.7 Å². The van der Waals surface area contributed by atoms with Crippen molar-refractivity contribution in [2.75, 3.05) is 38.7 Å². The highest BCUT2D eigenvalue weighted by Crippen LogP contribution is 2.03. The van der Waals surface area contributed by atoms with E-state index in [2.05, 4.69) is 20.9 Å². The van der Waals surface area contributed by atoms with E-state index in [1.807, 2.05) is 0 Å². The summed E-state index contributed by atoms with van der Waals surface area (Å²) in [6.07, 6.45) is 3.43. The number of hydrogen-bond donors (Lipinski definition) is 3. The maximum atomic E-state index is 11.6. The molecule has 1 aromatic rings. The van der Waals surface area contributed by atoms with Gasteiger partial charge in [-0.1, -0.05) is 0 Å². The molecule has 126 valence electrons. The van der Waals surface area contributed by atoms with Gasteiger partial charge >= 0.3 is 0 Å². The molecule has 0 aliphatic rings. The number of nitrogens with one attached hydrogen (secondary N) is 3. The Labute approximate surface area is 142 Å². The van der Waals surface area contributed by atoms with Crippen LogP contribution in [0.3, 0.4) is 0 Å². The van der Waals surface area contributed by atoms with Gasteiger partial charge in [0.1, 0.15) is 0 Å². The average molecular weight is 353 g/mol. The van der Waals surface area contributed by atoms with Crippen LogP contribution in [0.15, 0.2) is 24.5 Å². The first-order valence-electron chi connectivity index (χ1n) is 6.38. The molecule has 0 saturated heterocycles. The molecule has 0 aliphatic heterocycles. The summed E-state index contributed by atoms with van der Waals surface area (Å²) in [6, 6.07) is 3.41. The Kier molecular flexibility index (Phi) is 15.1. The lowest BCUT2D eigenvalue weighted by Crippen LogP contribution is -2.36. The van der Waals surface area contributed by atoms with E-state index in [9.17, 15) is 9.59 Å². The van der Waals surface area contributed by atoms with E-state index in [0.717, 1.165) is 0 Å². The van der Waals surface area contributed by atoms with Crippen LogP contribution in [0.25, 0.3) is 0 Å². The van der Waals surface area contributed by atoms with Crippen LogP contribution in [0.1, 0.15) is 6.42 Å². The van der Waals surface area contributed by atoms with E-state index in [0.29, 0.717) is 25.4 Å². The van der Waals surface area contributed by atoms with Gasteiger partial charge in [-0.25, -0.2) is 0 Å². The number of methoxy groups -OCH3 is 1. The van der Waals surface area contributed by atoms with Crippen molar-refractivity contribution < 1.29 is 14.3 Å². The maximum Gasteiger partial charge on any atom is 0.233 e. The predicted molar refractivity (Wildman–Crippen MR) is 89.7 cm³/mol. The molecular weight excluding hydrogens is 331 g/mol. The number of nitrogens with zero attached hydrogens (tertiary/aromatic N) is 1. The Bertz CT molecular complexity index is 421. The molecule has 1 rings (SSSR count). The third-order valence-electron chi connectivity index (χ3n) is 2.41. The van der Waals surface area contributed by atoms with Gasteiger partial charge in [0.2, 0.25) is 11.8 Å². The fourth-order valence-corrected chi connectivity index (χ4v) is 1.41. The van der Waals surface area contributed by atoms with Gasteiger partial charge in [0.05, 0.1) is 13.2 Å². The molecule has 0 aliphatic carbocycles. The van der Waals surface area contributed by atoms with Gasteiger partial charge in [-0.15, -0.1) is 24.8 Å². The molecule has 0 spiro atoms. The highest BCUT2D eigenvalue weighted by molar-refractivity contribution is 5.91. The number of amides is 2. The minimum absolute atomic E-state index is 0. The number of pyridine rings is 1. The highest BCUT2D eigenvalue weighted by atomic mass is 35.5. The van der Waals surface area contributed by atoms with Crippen LogP contribution in [0.5, 0.6) is 0 Å². The van der Waals surface area contributed by atoms with Crippen molar-refractivity contribution in [3.05, 3.63) is 24.5 Å². The molecule has 7 nitrogen and oxygen atoms in total. The fourth-order valence-electron chi connectivity index (χ4n) is 1.41. The minimum Gasteiger partial charge on any atom is -0.383 e. The number of halogens is 2. The Morgan fingerprint density at radius 2 is 1.82 bits per heavy atom. The molecule has 22 heavy (non-hydrogen) atoms. The molecule has 9 heteroatoms. The summed E-state index contributed by atoms with van der Waals surface area (Å²) in [5.41, 5.74) is 0.692. The molecule has 3 N–H and O–H groups in total. The molecule has 2 amide bonds. The number of anilines is 1. The smallest absolute Gasteiger partial charge is 0.233 e. The Hall–Kier alpha value is -1.41. The summed E-state index contributed by atoms with van der Waals surface area (Å²) in [5, 5.41) is 8.29. The number of ether oxygens (including phenoxy) is 1. The zero-order valence-electron chi connectivity index (χ0n) is 12.3. The van der Waals surface area contributed by atoms with E-state index < -0.39 is 0 Å². The van der Waals surface area contributed by atoms with Crippen molar-refractivity contribution >= 4 is 42.3 Å². The lowest BCUT2D eigenvalue weighted by atomic mass is 10.3. The van der Waals surface area contributed by atoms with E-state index in [-0.39, 0.29) is 49.6 Å². The number of aromatic nitrogens is 1. The first-order valence-corrected chi connectivity index (χ1v) is 6.38. The quantitative estimate of drug-likeness (QED) is 0.566. The summed E-state index contributed by atoms with van der Waals surface area (Å²) >= 11 is 0. The third-order valence-corrected chi connectivity index (χ3v) is 2.41. The number of rotatable bonds is 9. The summed E-state index contributed by atoms with van der Waals surface area (Å²) in [7, 11) is 1.60. The largest absolute Gasteiger partial charge is 0.383 e. The molecule has 0 unspecified atom stereocenters. The second-order valence-corrected chi connectivity index (χ2v) is 4.05. The zero-order valence-corrected chi connectivity index (χ0v) is 14.0. The van der Waals surface area contributed by atoms with Crippen LogP contribution in [-0.2, 0) is 14.3 Å².